The normalized spacial score (nSPS) is 19.8. The molecule has 6 heteroatoms. The fraction of sp³-hybridized carbons (Fsp3) is 0.600. The maximum atomic E-state index is 12.5. The van der Waals surface area contributed by atoms with Crippen molar-refractivity contribution in [3.05, 3.63) is 35.4 Å². The van der Waals surface area contributed by atoms with Crippen molar-refractivity contribution < 1.29 is 14.3 Å². The quantitative estimate of drug-likeness (QED) is 0.838. The van der Waals surface area contributed by atoms with Gasteiger partial charge in [0.25, 0.3) is 5.91 Å². The van der Waals surface area contributed by atoms with Gasteiger partial charge in [0.1, 0.15) is 0 Å². The van der Waals surface area contributed by atoms with E-state index in [1.165, 1.54) is 6.42 Å². The number of benzene rings is 1. The van der Waals surface area contributed by atoms with Crippen molar-refractivity contribution >= 4 is 11.8 Å². The van der Waals surface area contributed by atoms with Gasteiger partial charge in [0.05, 0.1) is 6.04 Å². The Bertz CT molecular complexity index is 605. The first kappa shape index (κ1) is 18.9. The predicted octanol–water partition coefficient (Wildman–Crippen LogP) is 1.68. The number of carbonyl (C=O) groups excluding carboxylic acids is 2. The van der Waals surface area contributed by atoms with Crippen LogP contribution in [0.3, 0.4) is 0 Å². The molecule has 142 valence electrons. The molecule has 2 saturated heterocycles. The summed E-state index contributed by atoms with van der Waals surface area (Å²) in [6.07, 6.45) is 5.05. The molecule has 1 aromatic carbocycles. The molecular weight excluding hydrogens is 330 g/mol. The first-order valence-corrected chi connectivity index (χ1v) is 9.64. The number of nitrogens with zero attached hydrogens (tertiary/aromatic N) is 1. The second-order valence-corrected chi connectivity index (χ2v) is 7.24. The van der Waals surface area contributed by atoms with Crippen LogP contribution in [0.15, 0.2) is 24.3 Å². The lowest BCUT2D eigenvalue weighted by molar-refractivity contribution is -0.124. The number of hydrogen-bond acceptors (Lipinski definition) is 4. The van der Waals surface area contributed by atoms with Gasteiger partial charge in [-0.2, -0.15) is 0 Å². The zero-order chi connectivity index (χ0) is 18.4. The van der Waals surface area contributed by atoms with Crippen molar-refractivity contribution in [3.8, 4) is 0 Å². The molecule has 2 fully saturated rings. The van der Waals surface area contributed by atoms with E-state index in [-0.39, 0.29) is 17.7 Å². The zero-order valence-corrected chi connectivity index (χ0v) is 15.3. The average molecular weight is 359 g/mol. The molecule has 0 bridgehead atoms. The smallest absolute Gasteiger partial charge is 0.253 e. The molecule has 0 spiro atoms. The van der Waals surface area contributed by atoms with Crippen LogP contribution in [0.1, 0.15) is 48.0 Å². The van der Waals surface area contributed by atoms with Crippen LogP contribution in [0.4, 0.5) is 0 Å². The summed E-state index contributed by atoms with van der Waals surface area (Å²) < 4.78 is 5.31. The van der Waals surface area contributed by atoms with E-state index in [9.17, 15) is 9.59 Å². The summed E-state index contributed by atoms with van der Waals surface area (Å²) >= 11 is 0. The highest BCUT2D eigenvalue weighted by molar-refractivity contribution is 5.94. The standard InChI is InChI=1S/C20H29N3O3/c21-18(16-8-12-26-13-9-16)19(24)22-14-15-4-6-17(7-5-15)20(25)23-10-2-1-3-11-23/h4-7,16,18H,1-3,8-14,21H2,(H,22,24). The van der Waals surface area contributed by atoms with Crippen molar-refractivity contribution in [2.75, 3.05) is 26.3 Å². The monoisotopic (exact) mass is 359 g/mol. The number of nitrogens with two attached hydrogens (primary N) is 1. The highest BCUT2D eigenvalue weighted by Gasteiger charge is 2.26. The SMILES string of the molecule is NC(C(=O)NCc1ccc(C(=O)N2CCCCC2)cc1)C1CCOCC1. The lowest BCUT2D eigenvalue weighted by Gasteiger charge is -2.27. The molecule has 1 unspecified atom stereocenters. The van der Waals surface area contributed by atoms with Crippen LogP contribution in [0, 0.1) is 5.92 Å². The Labute approximate surface area is 155 Å². The van der Waals surface area contributed by atoms with E-state index < -0.39 is 6.04 Å². The van der Waals surface area contributed by atoms with Crippen LogP contribution in [-0.2, 0) is 16.1 Å². The Morgan fingerprint density at radius 1 is 1.12 bits per heavy atom. The first-order chi connectivity index (χ1) is 12.6. The maximum absolute atomic E-state index is 12.5. The first-order valence-electron chi connectivity index (χ1n) is 9.64. The molecular formula is C20H29N3O3. The Morgan fingerprint density at radius 3 is 2.42 bits per heavy atom. The summed E-state index contributed by atoms with van der Waals surface area (Å²) in [5.74, 6) is 0.167. The summed E-state index contributed by atoms with van der Waals surface area (Å²) in [5, 5.41) is 2.91. The summed E-state index contributed by atoms with van der Waals surface area (Å²) in [6.45, 7) is 3.48. The van der Waals surface area contributed by atoms with Gasteiger partial charge in [-0.25, -0.2) is 0 Å². The third kappa shape index (κ3) is 4.83. The van der Waals surface area contributed by atoms with E-state index in [0.29, 0.717) is 25.3 Å². The molecule has 2 heterocycles. The van der Waals surface area contributed by atoms with E-state index >= 15 is 0 Å². The van der Waals surface area contributed by atoms with Crippen LogP contribution < -0.4 is 11.1 Å². The maximum Gasteiger partial charge on any atom is 0.253 e. The number of hydrogen-bond donors (Lipinski definition) is 2. The van der Waals surface area contributed by atoms with Gasteiger partial charge >= 0.3 is 0 Å². The summed E-state index contributed by atoms with van der Waals surface area (Å²) in [5.41, 5.74) is 7.76. The van der Waals surface area contributed by atoms with Crippen LogP contribution in [0.25, 0.3) is 0 Å². The van der Waals surface area contributed by atoms with E-state index in [4.69, 9.17) is 10.5 Å². The Balaban J connectivity index is 1.49. The lowest BCUT2D eigenvalue weighted by atomic mass is 9.92. The van der Waals surface area contributed by atoms with E-state index in [2.05, 4.69) is 5.32 Å². The fourth-order valence-electron chi connectivity index (χ4n) is 3.64. The van der Waals surface area contributed by atoms with Gasteiger partial charge in [0.2, 0.25) is 5.91 Å². The van der Waals surface area contributed by atoms with Gasteiger partial charge in [0.15, 0.2) is 0 Å². The average Bonchev–Trinajstić information content (AvgIpc) is 2.72. The molecule has 26 heavy (non-hydrogen) atoms. The van der Waals surface area contributed by atoms with Crippen LogP contribution >= 0.6 is 0 Å². The molecule has 2 amide bonds. The number of amides is 2. The van der Waals surface area contributed by atoms with E-state index in [1.807, 2.05) is 29.2 Å². The highest BCUT2D eigenvalue weighted by atomic mass is 16.5. The lowest BCUT2D eigenvalue weighted by Crippen LogP contribution is -2.46. The largest absolute Gasteiger partial charge is 0.381 e. The molecule has 1 aromatic rings. The van der Waals surface area contributed by atoms with Crippen LogP contribution in [0.5, 0.6) is 0 Å². The molecule has 2 aliphatic heterocycles. The second kappa shape index (κ2) is 9.14. The molecule has 0 aromatic heterocycles. The molecule has 0 aliphatic carbocycles. The van der Waals surface area contributed by atoms with Crippen molar-refractivity contribution in [1.82, 2.24) is 10.2 Å². The molecule has 2 aliphatic rings. The number of rotatable bonds is 5. The van der Waals surface area contributed by atoms with Gasteiger partial charge in [0, 0.05) is 38.4 Å². The number of carbonyl (C=O) groups is 2. The number of piperidine rings is 1. The summed E-state index contributed by atoms with van der Waals surface area (Å²) in [4.78, 5) is 26.7. The van der Waals surface area contributed by atoms with Gasteiger partial charge in [-0.1, -0.05) is 12.1 Å². The Morgan fingerprint density at radius 2 is 1.77 bits per heavy atom. The van der Waals surface area contributed by atoms with Gasteiger partial charge in [-0.05, 0) is 55.7 Å². The van der Waals surface area contributed by atoms with E-state index in [0.717, 1.165) is 44.3 Å². The van der Waals surface area contributed by atoms with Crippen LogP contribution in [-0.4, -0.2) is 49.1 Å². The summed E-state index contributed by atoms with van der Waals surface area (Å²) in [6, 6.07) is 7.00. The molecule has 6 nitrogen and oxygen atoms in total. The molecule has 3 N–H and O–H groups in total. The predicted molar refractivity (Wildman–Crippen MR) is 99.6 cm³/mol. The van der Waals surface area contributed by atoms with Gasteiger partial charge < -0.3 is 20.7 Å². The van der Waals surface area contributed by atoms with Crippen molar-refractivity contribution in [2.24, 2.45) is 11.7 Å². The third-order valence-electron chi connectivity index (χ3n) is 5.39. The highest BCUT2D eigenvalue weighted by Crippen LogP contribution is 2.18. The van der Waals surface area contributed by atoms with Gasteiger partial charge in [-0.15, -0.1) is 0 Å². The van der Waals surface area contributed by atoms with E-state index in [1.54, 1.807) is 0 Å². The third-order valence-corrected chi connectivity index (χ3v) is 5.39. The number of ether oxygens (including phenoxy) is 1. The van der Waals surface area contributed by atoms with Crippen LogP contribution in [0.2, 0.25) is 0 Å². The summed E-state index contributed by atoms with van der Waals surface area (Å²) in [7, 11) is 0. The van der Waals surface area contributed by atoms with Crippen molar-refractivity contribution in [2.45, 2.75) is 44.7 Å². The van der Waals surface area contributed by atoms with Crippen molar-refractivity contribution in [1.29, 1.82) is 0 Å². The number of likely N-dealkylation sites (tertiary alicyclic amines) is 1. The number of nitrogens with one attached hydrogen (secondary N) is 1. The molecule has 3 rings (SSSR count). The minimum absolute atomic E-state index is 0.0989. The zero-order valence-electron chi connectivity index (χ0n) is 15.3. The Hall–Kier alpha value is -1.92. The minimum atomic E-state index is -0.487. The second-order valence-electron chi connectivity index (χ2n) is 7.24. The topological polar surface area (TPSA) is 84.7 Å². The Kier molecular flexibility index (Phi) is 6.63. The molecule has 0 saturated carbocycles. The van der Waals surface area contributed by atoms with Crippen molar-refractivity contribution in [3.63, 3.8) is 0 Å². The van der Waals surface area contributed by atoms with Gasteiger partial charge in [-0.3, -0.25) is 9.59 Å². The fourth-order valence-corrected chi connectivity index (χ4v) is 3.64. The minimum Gasteiger partial charge on any atom is -0.381 e. The molecule has 1 atom stereocenters. The molecule has 0 radical (unpaired) electrons.